The monoisotopic (exact) mass is 265 g/mol. The van der Waals surface area contributed by atoms with E-state index >= 15 is 0 Å². The van der Waals surface area contributed by atoms with Crippen molar-refractivity contribution in [3.63, 3.8) is 0 Å². The molecule has 1 aromatic rings. The molecular weight excluding hydrogens is 242 g/mol. The van der Waals surface area contributed by atoms with Crippen LogP contribution in [-0.2, 0) is 16.0 Å². The predicted molar refractivity (Wildman–Crippen MR) is 72.4 cm³/mol. The van der Waals surface area contributed by atoms with Crippen LogP contribution in [0.2, 0.25) is 0 Å². The highest BCUT2D eigenvalue weighted by atomic mass is 16.5. The van der Waals surface area contributed by atoms with Gasteiger partial charge in [-0.2, -0.15) is 0 Å². The molecule has 1 aliphatic rings. The molecule has 1 fully saturated rings. The number of aromatic amines is 1. The molecule has 0 aliphatic heterocycles. The van der Waals surface area contributed by atoms with E-state index in [1.54, 1.807) is 12.5 Å². The van der Waals surface area contributed by atoms with Gasteiger partial charge in [0.15, 0.2) is 0 Å². The van der Waals surface area contributed by atoms with E-state index in [2.05, 4.69) is 16.9 Å². The van der Waals surface area contributed by atoms with Gasteiger partial charge in [-0.05, 0) is 31.6 Å². The summed E-state index contributed by atoms with van der Waals surface area (Å²) < 4.78 is 5.61. The van der Waals surface area contributed by atoms with Crippen molar-refractivity contribution in [3.8, 4) is 0 Å². The van der Waals surface area contributed by atoms with Crippen LogP contribution in [0.25, 0.3) is 0 Å². The third kappa shape index (κ3) is 3.80. The van der Waals surface area contributed by atoms with Crippen molar-refractivity contribution in [3.05, 3.63) is 18.2 Å². The summed E-state index contributed by atoms with van der Waals surface area (Å²) in [5.74, 6) is 0.206. The van der Waals surface area contributed by atoms with Crippen LogP contribution in [0.4, 0.5) is 0 Å². The number of hydrogen-bond donors (Lipinski definition) is 2. The van der Waals surface area contributed by atoms with Gasteiger partial charge in [0.1, 0.15) is 12.1 Å². The molecule has 1 aromatic heterocycles. The van der Waals surface area contributed by atoms with Crippen LogP contribution in [0.5, 0.6) is 0 Å². The molecule has 1 heterocycles. The van der Waals surface area contributed by atoms with E-state index in [1.807, 2.05) is 0 Å². The summed E-state index contributed by atoms with van der Waals surface area (Å²) >= 11 is 0. The summed E-state index contributed by atoms with van der Waals surface area (Å²) in [7, 11) is 0. The van der Waals surface area contributed by atoms with Crippen LogP contribution < -0.4 is 5.73 Å². The first-order valence-corrected chi connectivity index (χ1v) is 7.14. The Bertz CT molecular complexity index is 391. The topological polar surface area (TPSA) is 81.0 Å². The van der Waals surface area contributed by atoms with Crippen molar-refractivity contribution in [1.29, 1.82) is 0 Å². The smallest absolute Gasteiger partial charge is 0.323 e. The van der Waals surface area contributed by atoms with Gasteiger partial charge in [-0.15, -0.1) is 0 Å². The Labute approximate surface area is 113 Å². The molecule has 5 heteroatoms. The number of carbonyl (C=O) groups excluding carboxylic acids is 1. The lowest BCUT2D eigenvalue weighted by atomic mass is 9.85. The van der Waals surface area contributed by atoms with Gasteiger partial charge in [-0.1, -0.05) is 13.3 Å². The summed E-state index contributed by atoms with van der Waals surface area (Å²) in [4.78, 5) is 18.9. The number of rotatable bonds is 5. The molecular formula is C14H23N3O2. The Morgan fingerprint density at radius 1 is 1.58 bits per heavy atom. The molecule has 2 rings (SSSR count). The van der Waals surface area contributed by atoms with Gasteiger partial charge in [0.05, 0.1) is 6.33 Å². The molecule has 0 saturated heterocycles. The van der Waals surface area contributed by atoms with Crippen LogP contribution >= 0.6 is 0 Å². The van der Waals surface area contributed by atoms with E-state index in [0.717, 1.165) is 31.4 Å². The third-order valence-corrected chi connectivity index (χ3v) is 3.93. The summed E-state index contributed by atoms with van der Waals surface area (Å²) in [6, 6.07) is -0.611. The van der Waals surface area contributed by atoms with Crippen LogP contribution in [0, 0.1) is 5.92 Å². The lowest BCUT2D eigenvalue weighted by Crippen LogP contribution is -2.39. The summed E-state index contributed by atoms with van der Waals surface area (Å²) in [5, 5.41) is 0. The molecule has 1 saturated carbocycles. The summed E-state index contributed by atoms with van der Waals surface area (Å²) in [6.07, 6.45) is 9.35. The zero-order valence-corrected chi connectivity index (χ0v) is 11.5. The molecule has 19 heavy (non-hydrogen) atoms. The number of nitrogens with zero attached hydrogens (tertiary/aromatic N) is 1. The Morgan fingerprint density at radius 3 is 3.05 bits per heavy atom. The second kappa shape index (κ2) is 6.70. The zero-order valence-electron chi connectivity index (χ0n) is 11.5. The molecule has 1 aliphatic carbocycles. The summed E-state index contributed by atoms with van der Waals surface area (Å²) in [5.41, 5.74) is 6.75. The lowest BCUT2D eigenvalue weighted by molar-refractivity contribution is -0.155. The average molecular weight is 265 g/mol. The fourth-order valence-corrected chi connectivity index (χ4v) is 2.75. The maximum Gasteiger partial charge on any atom is 0.323 e. The first kappa shape index (κ1) is 14.1. The van der Waals surface area contributed by atoms with Crippen molar-refractivity contribution < 1.29 is 9.53 Å². The number of aromatic nitrogens is 2. The molecule has 3 N–H and O–H groups in total. The number of H-pyrrole nitrogens is 1. The molecule has 106 valence electrons. The predicted octanol–water partition coefficient (Wildman–Crippen LogP) is 1.79. The molecule has 0 amide bonds. The van der Waals surface area contributed by atoms with E-state index in [-0.39, 0.29) is 12.1 Å². The fourth-order valence-electron chi connectivity index (χ4n) is 2.75. The van der Waals surface area contributed by atoms with E-state index < -0.39 is 6.04 Å². The van der Waals surface area contributed by atoms with Crippen molar-refractivity contribution in [2.45, 2.75) is 57.6 Å². The van der Waals surface area contributed by atoms with Gasteiger partial charge < -0.3 is 15.5 Å². The first-order chi connectivity index (χ1) is 9.20. The SMILES string of the molecule is CCC1CCCCC1OC(=O)[C@@H](N)Cc1cnc[nH]1. The molecule has 2 unspecified atom stereocenters. The number of hydrogen-bond acceptors (Lipinski definition) is 4. The molecule has 0 aromatic carbocycles. The Kier molecular flexibility index (Phi) is 4.96. The number of carbonyl (C=O) groups is 1. The van der Waals surface area contributed by atoms with Crippen LogP contribution in [0.15, 0.2) is 12.5 Å². The lowest BCUT2D eigenvalue weighted by Gasteiger charge is -2.31. The largest absolute Gasteiger partial charge is 0.461 e. The molecule has 3 atom stereocenters. The van der Waals surface area contributed by atoms with E-state index in [1.165, 1.54) is 6.42 Å². The highest BCUT2D eigenvalue weighted by Gasteiger charge is 2.28. The molecule has 5 nitrogen and oxygen atoms in total. The minimum Gasteiger partial charge on any atom is -0.461 e. The van der Waals surface area contributed by atoms with Crippen molar-refractivity contribution in [1.82, 2.24) is 9.97 Å². The van der Waals surface area contributed by atoms with Crippen LogP contribution in [0.1, 0.15) is 44.7 Å². The van der Waals surface area contributed by atoms with Gasteiger partial charge in [0.2, 0.25) is 0 Å². The maximum atomic E-state index is 12.0. The van der Waals surface area contributed by atoms with E-state index in [4.69, 9.17) is 10.5 Å². The van der Waals surface area contributed by atoms with Gasteiger partial charge >= 0.3 is 5.97 Å². The second-order valence-corrected chi connectivity index (χ2v) is 5.32. The zero-order chi connectivity index (χ0) is 13.7. The fraction of sp³-hybridized carbons (Fsp3) is 0.714. The Hall–Kier alpha value is -1.36. The quantitative estimate of drug-likeness (QED) is 0.795. The van der Waals surface area contributed by atoms with Gasteiger partial charge in [-0.3, -0.25) is 4.79 Å². The number of nitrogens with two attached hydrogens (primary N) is 1. The normalized spacial score (nSPS) is 24.9. The third-order valence-electron chi connectivity index (χ3n) is 3.93. The van der Waals surface area contributed by atoms with Crippen molar-refractivity contribution in [2.24, 2.45) is 11.7 Å². The van der Waals surface area contributed by atoms with Crippen molar-refractivity contribution >= 4 is 5.97 Å². The maximum absolute atomic E-state index is 12.0. The highest BCUT2D eigenvalue weighted by molar-refractivity contribution is 5.76. The van der Waals surface area contributed by atoms with Gasteiger partial charge in [0, 0.05) is 18.3 Å². The van der Waals surface area contributed by atoms with E-state index in [9.17, 15) is 4.79 Å². The van der Waals surface area contributed by atoms with Gasteiger partial charge in [-0.25, -0.2) is 4.98 Å². The van der Waals surface area contributed by atoms with Crippen molar-refractivity contribution in [2.75, 3.05) is 0 Å². The van der Waals surface area contributed by atoms with Crippen LogP contribution in [0.3, 0.4) is 0 Å². The van der Waals surface area contributed by atoms with E-state index in [0.29, 0.717) is 12.3 Å². The van der Waals surface area contributed by atoms with Gasteiger partial charge in [0.25, 0.3) is 0 Å². The Morgan fingerprint density at radius 2 is 2.37 bits per heavy atom. The number of ether oxygens (including phenoxy) is 1. The minimum atomic E-state index is -0.611. The van der Waals surface area contributed by atoms with Crippen LogP contribution in [-0.4, -0.2) is 28.1 Å². The molecule has 0 bridgehead atoms. The summed E-state index contributed by atoms with van der Waals surface area (Å²) in [6.45, 7) is 2.15. The number of nitrogens with one attached hydrogen (secondary N) is 1. The number of imidazole rings is 1. The number of esters is 1. The Balaban J connectivity index is 1.85. The molecule has 0 spiro atoms. The first-order valence-electron chi connectivity index (χ1n) is 7.14. The standard InChI is InChI=1S/C14H23N3O2/c1-2-10-5-3-4-6-13(10)19-14(18)12(15)7-11-8-16-9-17-11/h8-10,12-13H,2-7,15H2,1H3,(H,16,17)/t10?,12-,13?/m0/s1. The minimum absolute atomic E-state index is 0.0547. The highest BCUT2D eigenvalue weighted by Crippen LogP contribution is 2.29. The second-order valence-electron chi connectivity index (χ2n) is 5.32. The average Bonchev–Trinajstić information content (AvgIpc) is 2.92. The molecule has 0 radical (unpaired) electrons.